The van der Waals surface area contributed by atoms with Crippen molar-refractivity contribution in [3.8, 4) is 0 Å². The molecule has 1 aromatic rings. The van der Waals surface area contributed by atoms with E-state index in [0.717, 1.165) is 24.9 Å². The van der Waals surface area contributed by atoms with Crippen molar-refractivity contribution in [3.05, 3.63) is 23.5 Å². The van der Waals surface area contributed by atoms with Crippen molar-refractivity contribution < 1.29 is 4.74 Å². The Hall–Kier alpha value is -1.09. The number of rotatable bonds is 1. The van der Waals surface area contributed by atoms with E-state index >= 15 is 0 Å². The Balaban J connectivity index is 0.000000340. The molecule has 2 fully saturated rings. The number of allylic oxidation sites excluding steroid dienone is 1. The summed E-state index contributed by atoms with van der Waals surface area (Å²) in [5.41, 5.74) is 2.74. The predicted octanol–water partition coefficient (Wildman–Crippen LogP) is 4.76. The maximum atomic E-state index is 5.80. The van der Waals surface area contributed by atoms with Crippen molar-refractivity contribution in [1.82, 2.24) is 9.78 Å². The molecule has 1 aromatic heterocycles. The molecule has 0 bridgehead atoms. The Bertz CT molecular complexity index is 444. The number of hydrogen-bond acceptors (Lipinski definition) is 2. The van der Waals surface area contributed by atoms with Crippen LogP contribution >= 0.6 is 0 Å². The molecule has 3 nitrogen and oxygen atoms in total. The number of hydrogen-bond donors (Lipinski definition) is 0. The average Bonchev–Trinajstić information content (AvgIpc) is 3.23. The van der Waals surface area contributed by atoms with Crippen molar-refractivity contribution in [1.29, 1.82) is 0 Å². The maximum absolute atomic E-state index is 5.80. The van der Waals surface area contributed by atoms with Crippen LogP contribution in [0.5, 0.6) is 0 Å². The molecule has 3 aliphatic rings. The van der Waals surface area contributed by atoms with E-state index in [1.54, 1.807) is 0 Å². The molecule has 20 heavy (non-hydrogen) atoms. The molecule has 4 rings (SSSR count). The topological polar surface area (TPSA) is 27.1 Å². The van der Waals surface area contributed by atoms with Crippen LogP contribution < -0.4 is 0 Å². The summed E-state index contributed by atoms with van der Waals surface area (Å²) in [4.78, 5) is 0. The third kappa shape index (κ3) is 2.83. The second kappa shape index (κ2) is 7.07. The molecule has 2 aliphatic carbocycles. The van der Waals surface area contributed by atoms with Gasteiger partial charge in [0.1, 0.15) is 0 Å². The first-order chi connectivity index (χ1) is 9.93. The Morgan fingerprint density at radius 3 is 2.70 bits per heavy atom. The van der Waals surface area contributed by atoms with Gasteiger partial charge in [0.15, 0.2) is 6.23 Å². The zero-order valence-corrected chi connectivity index (χ0v) is 13.3. The molecular weight excluding hydrogens is 248 g/mol. The van der Waals surface area contributed by atoms with E-state index in [2.05, 4.69) is 28.1 Å². The molecule has 1 saturated heterocycles. The molecule has 112 valence electrons. The van der Waals surface area contributed by atoms with Crippen LogP contribution in [0.25, 0.3) is 6.08 Å². The van der Waals surface area contributed by atoms with Crippen LogP contribution in [0.3, 0.4) is 0 Å². The van der Waals surface area contributed by atoms with Crippen LogP contribution in [-0.2, 0) is 4.74 Å². The van der Waals surface area contributed by atoms with Crippen molar-refractivity contribution in [2.24, 2.45) is 5.92 Å². The summed E-state index contributed by atoms with van der Waals surface area (Å²) < 4.78 is 7.90. The minimum Gasteiger partial charge on any atom is -0.356 e. The lowest BCUT2D eigenvalue weighted by atomic mass is 10.0. The lowest BCUT2D eigenvalue weighted by Crippen LogP contribution is -2.20. The maximum Gasteiger partial charge on any atom is 0.150 e. The highest BCUT2D eigenvalue weighted by molar-refractivity contribution is 5.57. The van der Waals surface area contributed by atoms with E-state index in [-0.39, 0.29) is 6.23 Å². The van der Waals surface area contributed by atoms with Gasteiger partial charge in [0.05, 0.1) is 11.9 Å². The lowest BCUT2D eigenvalue weighted by molar-refractivity contribution is -0.0399. The van der Waals surface area contributed by atoms with Crippen molar-refractivity contribution in [2.75, 3.05) is 6.61 Å². The molecule has 2 heterocycles. The fourth-order valence-electron chi connectivity index (χ4n) is 2.99. The molecule has 0 amide bonds. The standard InChI is InChI=1S/C13H16N2O.2C2H6/c1-2-6-16-13(3-1)15-12-5-4-9-7-10(9)11(12)8-14-15;2*1-2/h4-5,8-10,13H,1-3,6-7H2;2*1-2H3. The third-order valence-electron chi connectivity index (χ3n) is 4.03. The molecular formula is C17H28N2O. The molecule has 3 atom stereocenters. The first kappa shape index (κ1) is 15.3. The van der Waals surface area contributed by atoms with Gasteiger partial charge in [-0.15, -0.1) is 0 Å². The van der Waals surface area contributed by atoms with E-state index in [1.807, 2.05) is 27.7 Å². The fourth-order valence-corrected chi connectivity index (χ4v) is 2.99. The van der Waals surface area contributed by atoms with Gasteiger partial charge in [-0.2, -0.15) is 5.10 Å². The Morgan fingerprint density at radius 1 is 1.20 bits per heavy atom. The summed E-state index contributed by atoms with van der Waals surface area (Å²) >= 11 is 0. The van der Waals surface area contributed by atoms with E-state index in [1.165, 1.54) is 30.5 Å². The first-order valence-corrected chi connectivity index (χ1v) is 8.31. The van der Waals surface area contributed by atoms with Gasteiger partial charge in [-0.05, 0) is 43.6 Å². The minimum atomic E-state index is 0.178. The summed E-state index contributed by atoms with van der Waals surface area (Å²) in [5.74, 6) is 1.56. The molecule has 0 N–H and O–H groups in total. The highest BCUT2D eigenvalue weighted by atomic mass is 16.5. The van der Waals surface area contributed by atoms with E-state index in [4.69, 9.17) is 4.74 Å². The van der Waals surface area contributed by atoms with Gasteiger partial charge in [-0.3, -0.25) is 0 Å². The predicted molar refractivity (Wildman–Crippen MR) is 83.6 cm³/mol. The van der Waals surface area contributed by atoms with Gasteiger partial charge in [0.2, 0.25) is 0 Å². The smallest absolute Gasteiger partial charge is 0.150 e. The van der Waals surface area contributed by atoms with E-state index in [9.17, 15) is 0 Å². The van der Waals surface area contributed by atoms with E-state index in [0.29, 0.717) is 0 Å². The fraction of sp³-hybridized carbons (Fsp3) is 0.706. The highest BCUT2D eigenvalue weighted by Gasteiger charge is 2.41. The van der Waals surface area contributed by atoms with Crippen molar-refractivity contribution >= 4 is 6.08 Å². The summed E-state index contributed by atoms with van der Waals surface area (Å²) in [6, 6.07) is 0. The molecule has 0 radical (unpaired) electrons. The summed E-state index contributed by atoms with van der Waals surface area (Å²) in [6.45, 7) is 8.88. The van der Waals surface area contributed by atoms with Crippen LogP contribution in [0, 0.1) is 5.92 Å². The Kier molecular flexibility index (Phi) is 5.41. The normalized spacial score (nSPS) is 29.1. The molecule has 0 aromatic carbocycles. The summed E-state index contributed by atoms with van der Waals surface area (Å²) in [7, 11) is 0. The third-order valence-corrected chi connectivity index (χ3v) is 4.03. The zero-order valence-electron chi connectivity index (χ0n) is 13.3. The van der Waals surface area contributed by atoms with E-state index < -0.39 is 0 Å². The van der Waals surface area contributed by atoms with Gasteiger partial charge in [-0.25, -0.2) is 4.68 Å². The Morgan fingerprint density at radius 2 is 2.00 bits per heavy atom. The van der Waals surface area contributed by atoms with Gasteiger partial charge in [-0.1, -0.05) is 33.8 Å². The number of nitrogens with zero attached hydrogens (tertiary/aromatic N) is 2. The highest BCUT2D eigenvalue weighted by Crippen LogP contribution is 2.52. The lowest BCUT2D eigenvalue weighted by Gasteiger charge is -2.24. The zero-order chi connectivity index (χ0) is 14.5. The van der Waals surface area contributed by atoms with Crippen molar-refractivity contribution in [2.45, 2.75) is 65.5 Å². The largest absolute Gasteiger partial charge is 0.356 e. The number of aromatic nitrogens is 2. The monoisotopic (exact) mass is 276 g/mol. The molecule has 3 heteroatoms. The van der Waals surface area contributed by atoms with Crippen LogP contribution in [-0.4, -0.2) is 16.4 Å². The van der Waals surface area contributed by atoms with Gasteiger partial charge >= 0.3 is 0 Å². The molecule has 0 spiro atoms. The van der Waals surface area contributed by atoms with Crippen LogP contribution in [0.4, 0.5) is 0 Å². The quantitative estimate of drug-likeness (QED) is 0.739. The first-order valence-electron chi connectivity index (χ1n) is 8.31. The summed E-state index contributed by atoms with van der Waals surface area (Å²) in [6.07, 6.45) is 11.7. The number of fused-ring (bicyclic) bond motifs is 3. The van der Waals surface area contributed by atoms with Crippen molar-refractivity contribution in [3.63, 3.8) is 0 Å². The molecule has 3 unspecified atom stereocenters. The average molecular weight is 276 g/mol. The number of ether oxygens (including phenoxy) is 1. The second-order valence-electron chi connectivity index (χ2n) is 5.12. The minimum absolute atomic E-state index is 0.178. The SMILES string of the molecule is C1=CC2CC2c2cnn(C3CCCCO3)c21.CC.CC. The van der Waals surface area contributed by atoms with Crippen LogP contribution in [0.2, 0.25) is 0 Å². The molecule has 1 saturated carbocycles. The molecule has 1 aliphatic heterocycles. The van der Waals surface area contributed by atoms with Crippen LogP contribution in [0.1, 0.15) is 76.8 Å². The van der Waals surface area contributed by atoms with Gasteiger partial charge in [0, 0.05) is 12.2 Å². The van der Waals surface area contributed by atoms with Gasteiger partial charge in [0.25, 0.3) is 0 Å². The van der Waals surface area contributed by atoms with Crippen LogP contribution in [0.15, 0.2) is 12.3 Å². The summed E-state index contributed by atoms with van der Waals surface area (Å²) in [5, 5.41) is 4.54. The Labute approximate surface area is 123 Å². The van der Waals surface area contributed by atoms with Gasteiger partial charge < -0.3 is 4.74 Å². The second-order valence-corrected chi connectivity index (χ2v) is 5.12.